The van der Waals surface area contributed by atoms with Crippen LogP contribution in [0.2, 0.25) is 0 Å². The van der Waals surface area contributed by atoms with E-state index in [1.54, 1.807) is 28.5 Å². The van der Waals surface area contributed by atoms with E-state index in [1.165, 1.54) is 0 Å². The third kappa shape index (κ3) is 1.95. The molecular weight excluding hydrogens is 154 g/mol. The molecule has 0 saturated carbocycles. The van der Waals surface area contributed by atoms with Gasteiger partial charge in [0.1, 0.15) is 0 Å². The maximum atomic E-state index is 10.5. The molecule has 0 aromatic heterocycles. The Morgan fingerprint density at radius 1 is 2.00 bits per heavy atom. The molecule has 1 atom stereocenters. The summed E-state index contributed by atoms with van der Waals surface area (Å²) in [6.07, 6.45) is 0. The molecule has 2 nitrogen and oxygen atoms in total. The number of thioether (sulfide) groups is 1. The Hall–Kier alpha value is -0.0900. The van der Waals surface area contributed by atoms with E-state index < -0.39 is 0 Å². The molecule has 9 heavy (non-hydrogen) atoms. The highest BCUT2D eigenvalue weighted by Gasteiger charge is 2.26. The SMILES string of the molecule is CCSC1NC(=O)C=[S+]1. The van der Waals surface area contributed by atoms with Crippen LogP contribution in [0.3, 0.4) is 0 Å². The van der Waals surface area contributed by atoms with Gasteiger partial charge < -0.3 is 0 Å². The quantitative estimate of drug-likeness (QED) is 0.459. The van der Waals surface area contributed by atoms with Crippen LogP contribution in [0, 0.1) is 0 Å². The third-order valence-electron chi connectivity index (χ3n) is 0.877. The van der Waals surface area contributed by atoms with Crippen molar-refractivity contribution < 1.29 is 4.79 Å². The van der Waals surface area contributed by atoms with E-state index in [1.807, 2.05) is 0 Å². The van der Waals surface area contributed by atoms with Gasteiger partial charge in [-0.1, -0.05) is 18.7 Å². The second-order valence-corrected chi connectivity index (χ2v) is 4.21. The second-order valence-electron chi connectivity index (χ2n) is 1.55. The Balaban J connectivity index is 2.32. The second kappa shape index (κ2) is 3.17. The van der Waals surface area contributed by atoms with Crippen LogP contribution in [0.25, 0.3) is 0 Å². The van der Waals surface area contributed by atoms with Crippen molar-refractivity contribution in [3.8, 4) is 0 Å². The molecule has 0 spiro atoms. The molecule has 1 amide bonds. The molecule has 1 rings (SSSR count). The molecule has 4 heteroatoms. The number of hydrogen-bond acceptors (Lipinski definition) is 2. The van der Waals surface area contributed by atoms with Gasteiger partial charge in [-0.25, -0.2) is 0 Å². The van der Waals surface area contributed by atoms with Crippen LogP contribution in [0.1, 0.15) is 6.92 Å². The van der Waals surface area contributed by atoms with Gasteiger partial charge in [-0.05, 0) is 5.75 Å². The average Bonchev–Trinajstić information content (AvgIpc) is 2.17. The maximum absolute atomic E-state index is 10.5. The summed E-state index contributed by atoms with van der Waals surface area (Å²) in [6, 6.07) is 0. The predicted octanol–water partition coefficient (Wildman–Crippen LogP) is 0.0377. The number of hydrogen-bond donors (Lipinski definition) is 1. The van der Waals surface area contributed by atoms with E-state index in [0.717, 1.165) is 5.75 Å². The minimum absolute atomic E-state index is 0.0472. The molecule has 1 unspecified atom stereocenters. The first-order valence-corrected chi connectivity index (χ1v) is 4.73. The van der Waals surface area contributed by atoms with Gasteiger partial charge in [0.15, 0.2) is 0 Å². The van der Waals surface area contributed by atoms with Crippen LogP contribution in [-0.4, -0.2) is 21.7 Å². The van der Waals surface area contributed by atoms with Crippen LogP contribution in [0.5, 0.6) is 0 Å². The number of carbonyl (C=O) groups excluding carboxylic acids is 1. The lowest BCUT2D eigenvalue weighted by atomic mass is 10.7. The normalized spacial score (nSPS) is 24.6. The molecule has 0 aromatic rings. The van der Waals surface area contributed by atoms with Crippen LogP contribution >= 0.6 is 11.8 Å². The Labute approximate surface area is 62.4 Å². The van der Waals surface area contributed by atoms with Crippen molar-refractivity contribution in [2.75, 3.05) is 5.75 Å². The molecule has 1 aliphatic heterocycles. The molecule has 1 aliphatic rings. The van der Waals surface area contributed by atoms with Crippen molar-refractivity contribution in [3.63, 3.8) is 0 Å². The van der Waals surface area contributed by atoms with Gasteiger partial charge in [0.2, 0.25) is 11.4 Å². The number of carbonyl (C=O) groups is 1. The smallest absolute Gasteiger partial charge is 0.287 e. The summed E-state index contributed by atoms with van der Waals surface area (Å²) in [5.41, 5.74) is 0. The first-order chi connectivity index (χ1) is 4.33. The predicted molar refractivity (Wildman–Crippen MR) is 43.5 cm³/mol. The average molecular weight is 162 g/mol. The summed E-state index contributed by atoms with van der Waals surface area (Å²) in [7, 11) is 0. The van der Waals surface area contributed by atoms with Crippen molar-refractivity contribution in [2.24, 2.45) is 0 Å². The fourth-order valence-electron chi connectivity index (χ4n) is 0.540. The van der Waals surface area contributed by atoms with Gasteiger partial charge in [-0.3, -0.25) is 10.1 Å². The molecule has 1 N–H and O–H groups in total. The summed E-state index contributed by atoms with van der Waals surface area (Å²) >= 11 is 3.29. The van der Waals surface area contributed by atoms with Crippen LogP contribution < -0.4 is 5.32 Å². The van der Waals surface area contributed by atoms with Crippen LogP contribution in [0.4, 0.5) is 0 Å². The maximum Gasteiger partial charge on any atom is 0.306 e. The van der Waals surface area contributed by atoms with E-state index in [4.69, 9.17) is 0 Å². The van der Waals surface area contributed by atoms with Crippen molar-refractivity contribution in [1.29, 1.82) is 0 Å². The molecule has 0 aromatic carbocycles. The highest BCUT2D eigenvalue weighted by atomic mass is 32.2. The lowest BCUT2D eigenvalue weighted by molar-refractivity contribution is -0.113. The Morgan fingerprint density at radius 3 is 3.22 bits per heavy atom. The van der Waals surface area contributed by atoms with E-state index in [-0.39, 0.29) is 10.6 Å². The lowest BCUT2D eigenvalue weighted by Gasteiger charge is -1.93. The number of amides is 1. The first-order valence-electron chi connectivity index (χ1n) is 2.73. The summed E-state index contributed by atoms with van der Waals surface area (Å²) in [5, 5.41) is 4.40. The minimum Gasteiger partial charge on any atom is -0.287 e. The summed E-state index contributed by atoms with van der Waals surface area (Å²) in [4.78, 5) is 10.5. The van der Waals surface area contributed by atoms with Gasteiger partial charge >= 0.3 is 10.6 Å². The molecule has 0 saturated heterocycles. The van der Waals surface area contributed by atoms with Crippen molar-refractivity contribution in [1.82, 2.24) is 5.32 Å². The molecule has 0 fully saturated rings. The topological polar surface area (TPSA) is 29.1 Å². The third-order valence-corrected chi connectivity index (χ3v) is 3.09. The first kappa shape index (κ1) is 7.02. The van der Waals surface area contributed by atoms with Crippen molar-refractivity contribution in [2.45, 2.75) is 11.6 Å². The van der Waals surface area contributed by atoms with E-state index in [0.29, 0.717) is 0 Å². The zero-order chi connectivity index (χ0) is 6.69. The largest absolute Gasteiger partial charge is 0.306 e. The lowest BCUT2D eigenvalue weighted by Crippen LogP contribution is -2.24. The fraction of sp³-hybridized carbons (Fsp3) is 0.600. The summed E-state index contributed by atoms with van der Waals surface area (Å²) in [6.45, 7) is 2.08. The molecule has 50 valence electrons. The van der Waals surface area contributed by atoms with Crippen molar-refractivity contribution in [3.05, 3.63) is 0 Å². The summed E-state index contributed by atoms with van der Waals surface area (Å²) < 4.78 is 0.266. The highest BCUT2D eigenvalue weighted by molar-refractivity contribution is 8.09. The standard InChI is InChI=1S/C5H7NOS2/c1-2-8-5-6-4(7)3-9-5/h3,5H,2H2,1H3/p+1. The Kier molecular flexibility index (Phi) is 2.48. The van der Waals surface area contributed by atoms with Gasteiger partial charge in [0, 0.05) is 0 Å². The monoisotopic (exact) mass is 162 g/mol. The van der Waals surface area contributed by atoms with E-state index >= 15 is 0 Å². The van der Waals surface area contributed by atoms with Gasteiger partial charge in [0.25, 0.3) is 5.37 Å². The Morgan fingerprint density at radius 2 is 2.78 bits per heavy atom. The van der Waals surface area contributed by atoms with Crippen LogP contribution in [0.15, 0.2) is 0 Å². The molecule has 1 heterocycles. The van der Waals surface area contributed by atoms with Gasteiger partial charge in [0.05, 0.1) is 0 Å². The van der Waals surface area contributed by atoms with Gasteiger partial charge in [-0.15, -0.1) is 0 Å². The van der Waals surface area contributed by atoms with Crippen LogP contribution in [-0.2, 0) is 16.1 Å². The number of rotatable bonds is 2. The molecule has 0 aliphatic carbocycles. The minimum atomic E-state index is 0.0472. The molecule has 0 radical (unpaired) electrons. The zero-order valence-corrected chi connectivity index (χ0v) is 6.72. The summed E-state index contributed by atoms with van der Waals surface area (Å²) in [5.74, 6) is 1.09. The Bertz CT molecular complexity index is 146. The van der Waals surface area contributed by atoms with E-state index in [9.17, 15) is 4.79 Å². The van der Waals surface area contributed by atoms with E-state index in [2.05, 4.69) is 12.2 Å². The van der Waals surface area contributed by atoms with Gasteiger partial charge in [-0.2, -0.15) is 0 Å². The highest BCUT2D eigenvalue weighted by Crippen LogP contribution is 2.08. The molecular formula is C5H8NOS2+. The molecule has 0 bridgehead atoms. The van der Waals surface area contributed by atoms with Crippen molar-refractivity contribution >= 4 is 34.4 Å². The number of nitrogens with one attached hydrogen (secondary N) is 1. The zero-order valence-electron chi connectivity index (χ0n) is 5.09. The fourth-order valence-corrected chi connectivity index (χ4v) is 2.43.